The van der Waals surface area contributed by atoms with Crippen LogP contribution >= 0.6 is 31.9 Å². The molecule has 2 atom stereocenters. The third kappa shape index (κ3) is 3.59. The van der Waals surface area contributed by atoms with Crippen LogP contribution < -0.4 is 0 Å². The van der Waals surface area contributed by atoms with Crippen molar-refractivity contribution in [1.29, 1.82) is 0 Å². The van der Waals surface area contributed by atoms with Crippen molar-refractivity contribution in [2.24, 2.45) is 0 Å². The minimum atomic E-state index is -0.187. The molecule has 2 rings (SSSR count). The lowest BCUT2D eigenvalue weighted by Gasteiger charge is -2.33. The normalized spacial score (nSPS) is 23.8. The number of alkyl halides is 2. The summed E-state index contributed by atoms with van der Waals surface area (Å²) in [6.45, 7) is 2.13. The molecular formula is C15H19Br2FO. The second kappa shape index (κ2) is 6.68. The second-order valence-corrected chi connectivity index (χ2v) is 6.53. The Labute approximate surface area is 131 Å². The number of benzene rings is 1. The molecule has 0 bridgehead atoms. The minimum Gasteiger partial charge on any atom is -0.375 e. The lowest BCUT2D eigenvalue weighted by atomic mass is 9.79. The molecule has 0 aromatic heterocycles. The van der Waals surface area contributed by atoms with Gasteiger partial charge in [-0.15, -0.1) is 0 Å². The predicted octanol–water partition coefficient (Wildman–Crippen LogP) is 4.81. The van der Waals surface area contributed by atoms with E-state index in [1.165, 1.54) is 12.1 Å². The highest BCUT2D eigenvalue weighted by atomic mass is 79.9. The third-order valence-corrected chi connectivity index (χ3v) is 6.05. The van der Waals surface area contributed by atoms with Gasteiger partial charge in [0.2, 0.25) is 0 Å². The van der Waals surface area contributed by atoms with Crippen LogP contribution in [0.15, 0.2) is 24.3 Å². The zero-order valence-electron chi connectivity index (χ0n) is 11.0. The summed E-state index contributed by atoms with van der Waals surface area (Å²) in [5.74, 6) is -0.187. The van der Waals surface area contributed by atoms with Gasteiger partial charge >= 0.3 is 0 Å². The first-order chi connectivity index (χ1) is 9.09. The van der Waals surface area contributed by atoms with E-state index in [2.05, 4.69) is 38.8 Å². The zero-order valence-corrected chi connectivity index (χ0v) is 14.2. The highest BCUT2D eigenvalue weighted by Crippen LogP contribution is 2.37. The van der Waals surface area contributed by atoms with Crippen molar-refractivity contribution in [3.05, 3.63) is 35.6 Å². The second-order valence-electron chi connectivity index (χ2n) is 5.40. The smallest absolute Gasteiger partial charge is 0.123 e. The van der Waals surface area contributed by atoms with Crippen LogP contribution in [0.4, 0.5) is 4.39 Å². The summed E-state index contributed by atoms with van der Waals surface area (Å²) in [4.78, 5) is 0. The van der Waals surface area contributed by atoms with Crippen LogP contribution in [0.25, 0.3) is 0 Å². The van der Waals surface area contributed by atoms with Crippen LogP contribution in [0.2, 0.25) is 0 Å². The Morgan fingerprint density at radius 3 is 2.32 bits per heavy atom. The molecule has 1 saturated heterocycles. The first kappa shape index (κ1) is 15.5. The van der Waals surface area contributed by atoms with Crippen LogP contribution in [0.5, 0.6) is 0 Å². The third-order valence-electron chi connectivity index (χ3n) is 3.91. The summed E-state index contributed by atoms with van der Waals surface area (Å²) in [6.07, 6.45) is 3.87. The van der Waals surface area contributed by atoms with Gasteiger partial charge in [-0.05, 0) is 43.9 Å². The summed E-state index contributed by atoms with van der Waals surface area (Å²) in [5.41, 5.74) is 1.12. The molecule has 2 unspecified atom stereocenters. The lowest BCUT2D eigenvalue weighted by molar-refractivity contribution is 0.0405. The molecule has 106 valence electrons. The molecule has 19 heavy (non-hydrogen) atoms. The van der Waals surface area contributed by atoms with E-state index in [9.17, 15) is 4.39 Å². The van der Waals surface area contributed by atoms with Crippen LogP contribution in [0.1, 0.15) is 31.7 Å². The van der Waals surface area contributed by atoms with Crippen molar-refractivity contribution in [1.82, 2.24) is 0 Å². The molecule has 1 aromatic rings. The van der Waals surface area contributed by atoms with Crippen molar-refractivity contribution >= 4 is 31.9 Å². The van der Waals surface area contributed by atoms with E-state index in [0.717, 1.165) is 35.5 Å². The SMILES string of the molecule is CC1CCC(CC(CBr)(CBr)c2ccc(F)cc2)O1. The molecule has 0 N–H and O–H groups in total. The highest BCUT2D eigenvalue weighted by Gasteiger charge is 2.36. The van der Waals surface area contributed by atoms with Gasteiger partial charge in [0.15, 0.2) is 0 Å². The first-order valence-electron chi connectivity index (χ1n) is 6.63. The Morgan fingerprint density at radius 2 is 1.84 bits per heavy atom. The highest BCUT2D eigenvalue weighted by molar-refractivity contribution is 9.09. The molecule has 1 nitrogen and oxygen atoms in total. The Balaban J connectivity index is 2.19. The van der Waals surface area contributed by atoms with Gasteiger partial charge in [-0.3, -0.25) is 0 Å². The average Bonchev–Trinajstić information content (AvgIpc) is 2.82. The molecule has 0 amide bonds. The summed E-state index contributed by atoms with van der Waals surface area (Å²) >= 11 is 7.26. The molecule has 1 heterocycles. The molecule has 0 saturated carbocycles. The van der Waals surface area contributed by atoms with Gasteiger partial charge in [0, 0.05) is 16.1 Å². The van der Waals surface area contributed by atoms with Gasteiger partial charge in [-0.25, -0.2) is 4.39 Å². The van der Waals surface area contributed by atoms with Gasteiger partial charge in [-0.2, -0.15) is 0 Å². The van der Waals surface area contributed by atoms with Gasteiger partial charge in [0.05, 0.1) is 12.2 Å². The summed E-state index contributed by atoms with van der Waals surface area (Å²) in [6, 6.07) is 6.84. The van der Waals surface area contributed by atoms with Gasteiger partial charge < -0.3 is 4.74 Å². The standard InChI is InChI=1S/C15H19Br2FO/c1-11-2-7-14(19-11)8-15(9-16,10-17)12-3-5-13(18)6-4-12/h3-6,11,14H,2,7-10H2,1H3. The minimum absolute atomic E-state index is 0.0393. The fourth-order valence-electron chi connectivity index (χ4n) is 2.69. The number of halogens is 3. The van der Waals surface area contributed by atoms with E-state index in [0.29, 0.717) is 12.2 Å². The zero-order chi connectivity index (χ0) is 13.9. The Bertz CT molecular complexity index is 403. The first-order valence-corrected chi connectivity index (χ1v) is 8.87. The molecule has 1 aliphatic rings. The maximum Gasteiger partial charge on any atom is 0.123 e. The Hall–Kier alpha value is 0.0700. The molecule has 4 heteroatoms. The average molecular weight is 394 g/mol. The lowest BCUT2D eigenvalue weighted by Crippen LogP contribution is -2.34. The van der Waals surface area contributed by atoms with Crippen molar-refractivity contribution in [2.75, 3.05) is 10.7 Å². The maximum absolute atomic E-state index is 13.1. The van der Waals surface area contributed by atoms with Crippen LogP contribution in [0, 0.1) is 5.82 Å². The van der Waals surface area contributed by atoms with Crippen molar-refractivity contribution in [3.8, 4) is 0 Å². The molecule has 0 radical (unpaired) electrons. The number of hydrogen-bond donors (Lipinski definition) is 0. The van der Waals surface area contributed by atoms with Gasteiger partial charge in [0.1, 0.15) is 5.82 Å². The number of ether oxygens (including phenoxy) is 1. The fourth-order valence-corrected chi connectivity index (χ4v) is 4.73. The van der Waals surface area contributed by atoms with Crippen LogP contribution in [0.3, 0.4) is 0 Å². The topological polar surface area (TPSA) is 9.23 Å². The monoisotopic (exact) mass is 392 g/mol. The fraction of sp³-hybridized carbons (Fsp3) is 0.600. The molecule has 1 aliphatic heterocycles. The van der Waals surface area contributed by atoms with Gasteiger partial charge in [-0.1, -0.05) is 44.0 Å². The summed E-state index contributed by atoms with van der Waals surface area (Å²) in [5, 5.41) is 1.68. The number of hydrogen-bond acceptors (Lipinski definition) is 1. The van der Waals surface area contributed by atoms with E-state index in [1.54, 1.807) is 0 Å². The van der Waals surface area contributed by atoms with Crippen molar-refractivity contribution < 1.29 is 9.13 Å². The largest absolute Gasteiger partial charge is 0.375 e. The molecular weight excluding hydrogens is 375 g/mol. The summed E-state index contributed by atoms with van der Waals surface area (Å²) in [7, 11) is 0. The molecule has 0 spiro atoms. The van der Waals surface area contributed by atoms with E-state index < -0.39 is 0 Å². The Kier molecular flexibility index (Phi) is 5.44. The van der Waals surface area contributed by atoms with Crippen LogP contribution in [-0.4, -0.2) is 22.9 Å². The maximum atomic E-state index is 13.1. The van der Waals surface area contributed by atoms with E-state index in [4.69, 9.17) is 4.74 Å². The molecule has 0 aliphatic carbocycles. The van der Waals surface area contributed by atoms with E-state index in [1.807, 2.05) is 12.1 Å². The van der Waals surface area contributed by atoms with Crippen LogP contribution in [-0.2, 0) is 10.2 Å². The van der Waals surface area contributed by atoms with Crippen molar-refractivity contribution in [2.45, 2.75) is 43.8 Å². The quantitative estimate of drug-likeness (QED) is 0.652. The Morgan fingerprint density at radius 1 is 1.21 bits per heavy atom. The van der Waals surface area contributed by atoms with Gasteiger partial charge in [0.25, 0.3) is 0 Å². The molecule has 1 fully saturated rings. The molecule has 1 aromatic carbocycles. The number of rotatable bonds is 5. The van der Waals surface area contributed by atoms with Crippen molar-refractivity contribution in [3.63, 3.8) is 0 Å². The predicted molar refractivity (Wildman–Crippen MR) is 83.9 cm³/mol. The van der Waals surface area contributed by atoms with E-state index >= 15 is 0 Å². The van der Waals surface area contributed by atoms with E-state index in [-0.39, 0.29) is 11.2 Å². The summed E-state index contributed by atoms with van der Waals surface area (Å²) < 4.78 is 19.0.